The van der Waals surface area contributed by atoms with Crippen molar-refractivity contribution in [2.75, 3.05) is 4.90 Å². The van der Waals surface area contributed by atoms with Gasteiger partial charge in [0.1, 0.15) is 11.6 Å². The molecule has 0 N–H and O–H groups in total. The number of benzene rings is 4. The lowest BCUT2D eigenvalue weighted by atomic mass is 10.1. The lowest BCUT2D eigenvalue weighted by Gasteiger charge is -2.37. The number of oxazole rings is 1. The Morgan fingerprint density at radius 1 is 0.875 bits per heavy atom. The lowest BCUT2D eigenvalue weighted by molar-refractivity contribution is -0.122. The van der Waals surface area contributed by atoms with Gasteiger partial charge in [0.15, 0.2) is 5.58 Å². The predicted molar refractivity (Wildman–Crippen MR) is 153 cm³/mol. The van der Waals surface area contributed by atoms with Crippen molar-refractivity contribution in [2.24, 2.45) is 0 Å². The number of carbonyl (C=O) groups excluding carboxylic acids is 2. The Bertz CT molecular complexity index is 1860. The summed E-state index contributed by atoms with van der Waals surface area (Å²) >= 11 is 0. The van der Waals surface area contributed by atoms with Crippen molar-refractivity contribution in [3.8, 4) is 11.5 Å². The second-order valence-electron chi connectivity index (χ2n) is 10.8. The summed E-state index contributed by atoms with van der Waals surface area (Å²) in [5.41, 5.74) is 1.45. The molecule has 8 nitrogen and oxygen atoms in total. The molecule has 5 aromatic rings. The minimum atomic E-state index is -4.14. The largest absolute Gasteiger partial charge is 0.436 e. The molecule has 1 aliphatic heterocycles. The zero-order chi connectivity index (χ0) is 28.2. The van der Waals surface area contributed by atoms with Gasteiger partial charge in [-0.25, -0.2) is 18.3 Å². The normalized spacial score (nSPS) is 16.5. The first kappa shape index (κ1) is 25.9. The van der Waals surface area contributed by atoms with Crippen molar-refractivity contribution in [3.05, 3.63) is 91.0 Å². The maximum Gasteiger partial charge on any atom is 0.252 e. The number of para-hydroxylation sites is 2. The Kier molecular flexibility index (Phi) is 6.08. The van der Waals surface area contributed by atoms with Crippen LogP contribution >= 0.6 is 0 Å². The highest BCUT2D eigenvalue weighted by Crippen LogP contribution is 2.35. The molecule has 1 fully saturated rings. The molecule has 1 aliphatic rings. The molecule has 202 valence electrons. The van der Waals surface area contributed by atoms with Crippen LogP contribution < -0.4 is 4.90 Å². The molecule has 6 rings (SSSR count). The van der Waals surface area contributed by atoms with Gasteiger partial charge in [0, 0.05) is 11.1 Å². The Morgan fingerprint density at radius 2 is 1.55 bits per heavy atom. The summed E-state index contributed by atoms with van der Waals surface area (Å²) < 4.78 is 35.0. The molecule has 9 heteroatoms. The fourth-order valence-electron chi connectivity index (χ4n) is 5.26. The fraction of sp³-hybridized carbons (Fsp3) is 0.194. The zero-order valence-corrected chi connectivity index (χ0v) is 23.1. The maximum atomic E-state index is 14.0. The molecule has 2 amide bonds. The van der Waals surface area contributed by atoms with Crippen LogP contribution in [0.1, 0.15) is 27.2 Å². The summed E-state index contributed by atoms with van der Waals surface area (Å²) in [5.74, 6) is -0.628. The van der Waals surface area contributed by atoms with Gasteiger partial charge in [0.05, 0.1) is 17.0 Å². The van der Waals surface area contributed by atoms with Crippen LogP contribution in [0.2, 0.25) is 0 Å². The second kappa shape index (κ2) is 9.39. The van der Waals surface area contributed by atoms with Gasteiger partial charge < -0.3 is 4.42 Å². The number of sulfonamides is 1. The van der Waals surface area contributed by atoms with Gasteiger partial charge in [-0.1, -0.05) is 42.5 Å². The highest BCUT2D eigenvalue weighted by Gasteiger charge is 2.50. The average molecular weight is 554 g/mol. The Labute approximate surface area is 231 Å². The molecule has 1 saturated heterocycles. The van der Waals surface area contributed by atoms with Gasteiger partial charge in [0.2, 0.25) is 21.8 Å². The number of fused-ring (bicyclic) bond motifs is 2. The van der Waals surface area contributed by atoms with E-state index in [1.54, 1.807) is 63.2 Å². The van der Waals surface area contributed by atoms with E-state index in [-0.39, 0.29) is 11.3 Å². The van der Waals surface area contributed by atoms with Crippen molar-refractivity contribution in [2.45, 2.75) is 43.7 Å². The van der Waals surface area contributed by atoms with Crippen LogP contribution in [0.5, 0.6) is 0 Å². The van der Waals surface area contributed by atoms with Gasteiger partial charge in [-0.3, -0.25) is 9.59 Å². The van der Waals surface area contributed by atoms with E-state index in [0.29, 0.717) is 22.7 Å². The van der Waals surface area contributed by atoms with Gasteiger partial charge in [0.25, 0.3) is 5.91 Å². The average Bonchev–Trinajstić information content (AvgIpc) is 3.48. The highest BCUT2D eigenvalue weighted by molar-refractivity contribution is 7.89. The van der Waals surface area contributed by atoms with E-state index >= 15 is 0 Å². The third-order valence-electron chi connectivity index (χ3n) is 7.01. The highest BCUT2D eigenvalue weighted by atomic mass is 32.2. The summed E-state index contributed by atoms with van der Waals surface area (Å²) in [7, 11) is -4.14. The molecule has 1 unspecified atom stereocenters. The number of amides is 2. The van der Waals surface area contributed by atoms with E-state index in [1.165, 1.54) is 4.31 Å². The molecular weight excluding hydrogens is 526 g/mol. The molecule has 1 aromatic heterocycles. The van der Waals surface area contributed by atoms with Gasteiger partial charge >= 0.3 is 0 Å². The number of hydrogen-bond donors (Lipinski definition) is 0. The van der Waals surface area contributed by atoms with Gasteiger partial charge in [-0.05, 0) is 80.1 Å². The molecule has 0 bridgehead atoms. The van der Waals surface area contributed by atoms with Gasteiger partial charge in [-0.15, -0.1) is 0 Å². The van der Waals surface area contributed by atoms with Crippen molar-refractivity contribution in [3.63, 3.8) is 0 Å². The number of aromatic nitrogens is 1. The molecule has 2 heterocycles. The molecule has 4 aromatic carbocycles. The third-order valence-corrected chi connectivity index (χ3v) is 9.18. The maximum absolute atomic E-state index is 14.0. The first-order valence-electron chi connectivity index (χ1n) is 12.9. The molecule has 0 aliphatic carbocycles. The number of imide groups is 1. The minimum absolute atomic E-state index is 0.0718. The summed E-state index contributed by atoms with van der Waals surface area (Å²) in [6, 6.07) is 25.3. The topological polar surface area (TPSA) is 101 Å². The van der Waals surface area contributed by atoms with Crippen LogP contribution in [0.25, 0.3) is 33.3 Å². The predicted octanol–water partition coefficient (Wildman–Crippen LogP) is 5.77. The quantitative estimate of drug-likeness (QED) is 0.256. The van der Waals surface area contributed by atoms with Crippen molar-refractivity contribution >= 4 is 49.4 Å². The molecule has 1 atom stereocenters. The summed E-state index contributed by atoms with van der Waals surface area (Å²) in [5, 5.41) is 1.68. The van der Waals surface area contributed by atoms with Crippen molar-refractivity contribution < 1.29 is 22.4 Å². The molecule has 0 spiro atoms. The summed E-state index contributed by atoms with van der Waals surface area (Å²) in [6.45, 7) is 5.17. The summed E-state index contributed by atoms with van der Waals surface area (Å²) in [6.07, 6.45) is -0.254. The van der Waals surface area contributed by atoms with Crippen LogP contribution in [-0.2, 0) is 19.6 Å². The number of hydrogen-bond acceptors (Lipinski definition) is 6. The molecule has 0 radical (unpaired) electrons. The first-order valence-corrected chi connectivity index (χ1v) is 14.3. The van der Waals surface area contributed by atoms with E-state index in [0.717, 1.165) is 21.2 Å². The summed E-state index contributed by atoms with van der Waals surface area (Å²) in [4.78, 5) is 32.6. The van der Waals surface area contributed by atoms with Crippen molar-refractivity contribution in [1.29, 1.82) is 0 Å². The van der Waals surface area contributed by atoms with E-state index in [1.807, 2.05) is 48.5 Å². The van der Waals surface area contributed by atoms with Crippen molar-refractivity contribution in [1.82, 2.24) is 9.29 Å². The lowest BCUT2D eigenvalue weighted by Crippen LogP contribution is -2.54. The number of anilines is 1. The van der Waals surface area contributed by atoms with E-state index in [9.17, 15) is 18.0 Å². The Hall–Kier alpha value is -4.34. The van der Waals surface area contributed by atoms with Crippen LogP contribution in [0.3, 0.4) is 0 Å². The third kappa shape index (κ3) is 4.37. The number of nitrogens with zero attached hydrogens (tertiary/aromatic N) is 3. The Morgan fingerprint density at radius 3 is 2.25 bits per heavy atom. The smallest absolute Gasteiger partial charge is 0.252 e. The fourth-order valence-corrected chi connectivity index (χ4v) is 7.22. The Balaban J connectivity index is 1.32. The second-order valence-corrected chi connectivity index (χ2v) is 12.6. The van der Waals surface area contributed by atoms with Crippen LogP contribution in [0.15, 0.2) is 100 Å². The van der Waals surface area contributed by atoms with E-state index < -0.39 is 33.4 Å². The number of rotatable bonds is 5. The molecular formula is C31H27N3O5S. The standard InChI is InChI=1S/C31H27N3O5S/c1-31(2,3)34(40(37,38)24-17-14-20-8-4-5-9-22(20)18-24)26-19-28(35)33(30(26)36)23-15-12-21(13-16-23)29-32-25-10-6-7-11-27(25)39-29/h4-18,26H,19H2,1-3H3. The molecule has 40 heavy (non-hydrogen) atoms. The van der Waals surface area contributed by atoms with Crippen LogP contribution in [0.4, 0.5) is 5.69 Å². The zero-order valence-electron chi connectivity index (χ0n) is 22.2. The SMILES string of the molecule is CC(C)(C)N(C1CC(=O)N(c2ccc(-c3nc4ccccc4o3)cc2)C1=O)S(=O)(=O)c1ccc2ccccc2c1. The van der Waals surface area contributed by atoms with Gasteiger partial charge in [-0.2, -0.15) is 4.31 Å². The van der Waals surface area contributed by atoms with E-state index in [4.69, 9.17) is 4.42 Å². The van der Waals surface area contributed by atoms with Crippen LogP contribution in [0, 0.1) is 0 Å². The van der Waals surface area contributed by atoms with E-state index in [2.05, 4.69) is 4.98 Å². The molecule has 0 saturated carbocycles. The van der Waals surface area contributed by atoms with Crippen LogP contribution in [-0.4, -0.2) is 41.1 Å². The monoisotopic (exact) mass is 553 g/mol. The first-order chi connectivity index (χ1) is 19.0. The number of carbonyl (C=O) groups is 2. The minimum Gasteiger partial charge on any atom is -0.436 e.